The van der Waals surface area contributed by atoms with Crippen LogP contribution >= 0.6 is 15.9 Å². The summed E-state index contributed by atoms with van der Waals surface area (Å²) in [5.74, 6) is 2.49. The first kappa shape index (κ1) is 13.9. The summed E-state index contributed by atoms with van der Waals surface area (Å²) in [5.41, 5.74) is 0.862. The molecule has 2 heterocycles. The molecule has 1 saturated carbocycles. The Balaban J connectivity index is 1.56. The zero-order chi connectivity index (χ0) is 13.9. The number of nitrogens with one attached hydrogen (secondary N) is 1. The van der Waals surface area contributed by atoms with Crippen LogP contribution in [0.1, 0.15) is 39.0 Å². The number of anilines is 1. The van der Waals surface area contributed by atoms with Gasteiger partial charge in [-0.3, -0.25) is 0 Å². The lowest BCUT2D eigenvalue weighted by Crippen LogP contribution is -2.16. The second-order valence-electron chi connectivity index (χ2n) is 5.91. The van der Waals surface area contributed by atoms with Crippen molar-refractivity contribution in [3.05, 3.63) is 22.8 Å². The maximum Gasteiger partial charge on any atom is 0.243 e. The molecule has 2 aromatic rings. The number of hydrogen-bond acceptors (Lipinski definition) is 3. The average Bonchev–Trinajstić information content (AvgIpc) is 2.83. The first-order chi connectivity index (χ1) is 9.72. The molecule has 0 radical (unpaired) electrons. The van der Waals surface area contributed by atoms with Crippen LogP contribution in [0.2, 0.25) is 0 Å². The summed E-state index contributed by atoms with van der Waals surface area (Å²) in [6.07, 6.45) is 8.71. The summed E-state index contributed by atoms with van der Waals surface area (Å²) in [6.45, 7) is 3.34. The fourth-order valence-electron chi connectivity index (χ4n) is 3.16. The Morgan fingerprint density at radius 3 is 3.15 bits per heavy atom. The molecule has 108 valence electrons. The molecule has 0 aliphatic heterocycles. The first-order valence-corrected chi connectivity index (χ1v) is 8.26. The van der Waals surface area contributed by atoms with Gasteiger partial charge in [0.05, 0.1) is 4.47 Å². The molecule has 0 saturated heterocycles. The lowest BCUT2D eigenvalue weighted by Gasteiger charge is -2.26. The predicted octanol–water partition coefficient (Wildman–Crippen LogP) is 4.12. The monoisotopic (exact) mass is 336 g/mol. The van der Waals surface area contributed by atoms with E-state index in [1.807, 2.05) is 18.3 Å². The van der Waals surface area contributed by atoms with Crippen LogP contribution in [0.3, 0.4) is 0 Å². The molecule has 2 unspecified atom stereocenters. The van der Waals surface area contributed by atoms with E-state index >= 15 is 0 Å². The van der Waals surface area contributed by atoms with Gasteiger partial charge in [-0.1, -0.05) is 26.2 Å². The number of nitrogens with zero attached hydrogens (tertiary/aromatic N) is 3. The highest BCUT2D eigenvalue weighted by Gasteiger charge is 2.18. The van der Waals surface area contributed by atoms with Crippen molar-refractivity contribution in [3.8, 4) is 0 Å². The molecule has 0 aromatic carbocycles. The van der Waals surface area contributed by atoms with Crippen LogP contribution in [0, 0.1) is 11.8 Å². The van der Waals surface area contributed by atoms with Gasteiger partial charge in [-0.05, 0) is 52.7 Å². The second kappa shape index (κ2) is 6.12. The van der Waals surface area contributed by atoms with Crippen LogP contribution in [-0.2, 0) is 0 Å². The van der Waals surface area contributed by atoms with Crippen molar-refractivity contribution < 1.29 is 0 Å². The van der Waals surface area contributed by atoms with Crippen molar-refractivity contribution in [1.82, 2.24) is 14.6 Å². The Bertz CT molecular complexity index is 580. The minimum Gasteiger partial charge on any atom is -0.353 e. The van der Waals surface area contributed by atoms with Crippen molar-refractivity contribution >= 4 is 27.5 Å². The van der Waals surface area contributed by atoms with Crippen molar-refractivity contribution in [2.45, 2.75) is 39.0 Å². The highest BCUT2D eigenvalue weighted by atomic mass is 79.9. The van der Waals surface area contributed by atoms with Gasteiger partial charge >= 0.3 is 0 Å². The van der Waals surface area contributed by atoms with Crippen LogP contribution in [0.5, 0.6) is 0 Å². The second-order valence-corrected chi connectivity index (χ2v) is 6.77. The Morgan fingerprint density at radius 1 is 1.45 bits per heavy atom. The van der Waals surface area contributed by atoms with Gasteiger partial charge in [0.2, 0.25) is 5.95 Å². The minimum absolute atomic E-state index is 0.723. The smallest absolute Gasteiger partial charge is 0.243 e. The first-order valence-electron chi connectivity index (χ1n) is 7.47. The van der Waals surface area contributed by atoms with Crippen molar-refractivity contribution in [3.63, 3.8) is 0 Å². The molecule has 1 fully saturated rings. The molecule has 0 bridgehead atoms. The van der Waals surface area contributed by atoms with Gasteiger partial charge in [0.25, 0.3) is 0 Å². The van der Waals surface area contributed by atoms with Gasteiger partial charge in [0.15, 0.2) is 5.65 Å². The molecule has 20 heavy (non-hydrogen) atoms. The van der Waals surface area contributed by atoms with Gasteiger partial charge in [0, 0.05) is 12.7 Å². The van der Waals surface area contributed by atoms with E-state index in [2.05, 4.69) is 38.3 Å². The van der Waals surface area contributed by atoms with Gasteiger partial charge < -0.3 is 5.32 Å². The SMILES string of the molecule is CC1CCCC(CCNc2nc3c(Br)cccn3n2)C1. The summed E-state index contributed by atoms with van der Waals surface area (Å²) >= 11 is 3.50. The molecule has 5 heteroatoms. The molecular formula is C15H21BrN4. The predicted molar refractivity (Wildman–Crippen MR) is 84.9 cm³/mol. The average molecular weight is 337 g/mol. The standard InChI is InChI=1S/C15H21BrN4/c1-11-4-2-5-12(10-11)7-8-17-15-18-14-13(16)6-3-9-20(14)19-15/h3,6,9,11-12H,2,4-5,7-8,10H2,1H3,(H,17,19). The summed E-state index contributed by atoms with van der Waals surface area (Å²) in [5, 5.41) is 7.80. The van der Waals surface area contributed by atoms with Gasteiger partial charge in [-0.15, -0.1) is 5.10 Å². The molecular weight excluding hydrogens is 316 g/mol. The van der Waals surface area contributed by atoms with Crippen LogP contribution in [0.4, 0.5) is 5.95 Å². The Morgan fingerprint density at radius 2 is 2.35 bits per heavy atom. The number of halogens is 1. The van der Waals surface area contributed by atoms with E-state index in [-0.39, 0.29) is 0 Å². The van der Waals surface area contributed by atoms with Gasteiger partial charge in [-0.2, -0.15) is 4.98 Å². The van der Waals surface area contributed by atoms with E-state index in [0.717, 1.165) is 34.4 Å². The third-order valence-electron chi connectivity index (χ3n) is 4.20. The largest absolute Gasteiger partial charge is 0.353 e. The molecule has 0 amide bonds. The lowest BCUT2D eigenvalue weighted by atomic mass is 9.81. The number of pyridine rings is 1. The van der Waals surface area contributed by atoms with E-state index in [9.17, 15) is 0 Å². The summed E-state index contributed by atoms with van der Waals surface area (Å²) in [4.78, 5) is 4.50. The fourth-order valence-corrected chi connectivity index (χ4v) is 3.58. The zero-order valence-corrected chi connectivity index (χ0v) is 13.4. The van der Waals surface area contributed by atoms with Crippen molar-refractivity contribution in [2.24, 2.45) is 11.8 Å². The highest BCUT2D eigenvalue weighted by Crippen LogP contribution is 2.30. The Hall–Kier alpha value is -1.10. The maximum absolute atomic E-state index is 4.50. The molecule has 4 nitrogen and oxygen atoms in total. The highest BCUT2D eigenvalue weighted by molar-refractivity contribution is 9.10. The zero-order valence-electron chi connectivity index (χ0n) is 11.8. The molecule has 1 aliphatic carbocycles. The van der Waals surface area contributed by atoms with Gasteiger partial charge in [0.1, 0.15) is 0 Å². The molecule has 2 atom stereocenters. The molecule has 1 aliphatic rings. The van der Waals surface area contributed by atoms with Gasteiger partial charge in [-0.25, -0.2) is 4.52 Å². The molecule has 1 N–H and O–H groups in total. The quantitative estimate of drug-likeness (QED) is 0.913. The lowest BCUT2D eigenvalue weighted by molar-refractivity contribution is 0.274. The fraction of sp³-hybridized carbons (Fsp3) is 0.600. The molecule has 2 aromatic heterocycles. The number of rotatable bonds is 4. The van der Waals surface area contributed by atoms with E-state index in [4.69, 9.17) is 0 Å². The number of aromatic nitrogens is 3. The molecule has 3 rings (SSSR count). The summed E-state index contributed by atoms with van der Waals surface area (Å²) < 4.78 is 2.77. The van der Waals surface area contributed by atoms with E-state index in [0.29, 0.717) is 0 Å². The number of fused-ring (bicyclic) bond motifs is 1. The van der Waals surface area contributed by atoms with Crippen molar-refractivity contribution in [2.75, 3.05) is 11.9 Å². The van der Waals surface area contributed by atoms with E-state index in [1.165, 1.54) is 32.1 Å². The van der Waals surface area contributed by atoms with Crippen molar-refractivity contribution in [1.29, 1.82) is 0 Å². The summed E-state index contributed by atoms with van der Waals surface area (Å²) in [7, 11) is 0. The summed E-state index contributed by atoms with van der Waals surface area (Å²) in [6, 6.07) is 3.94. The molecule has 0 spiro atoms. The third kappa shape index (κ3) is 3.14. The Kier molecular flexibility index (Phi) is 4.24. The van der Waals surface area contributed by atoms with Crippen LogP contribution in [0.15, 0.2) is 22.8 Å². The van der Waals surface area contributed by atoms with Crippen LogP contribution in [0.25, 0.3) is 5.65 Å². The maximum atomic E-state index is 4.50. The normalized spacial score (nSPS) is 23.1. The van der Waals surface area contributed by atoms with Crippen LogP contribution < -0.4 is 5.32 Å². The Labute approximate surface area is 128 Å². The van der Waals surface area contributed by atoms with Crippen LogP contribution in [-0.4, -0.2) is 21.1 Å². The van der Waals surface area contributed by atoms with E-state index in [1.54, 1.807) is 4.52 Å². The topological polar surface area (TPSA) is 42.2 Å². The van der Waals surface area contributed by atoms with E-state index < -0.39 is 0 Å². The number of hydrogen-bond donors (Lipinski definition) is 1. The third-order valence-corrected chi connectivity index (χ3v) is 4.81. The minimum atomic E-state index is 0.723.